The van der Waals surface area contributed by atoms with Crippen LogP contribution in [0.1, 0.15) is 5.56 Å². The summed E-state index contributed by atoms with van der Waals surface area (Å²) in [7, 11) is 0. The second-order valence-electron chi connectivity index (χ2n) is 5.03. The Balaban J connectivity index is 1.88. The first-order valence-electron chi connectivity index (χ1n) is 7.00. The summed E-state index contributed by atoms with van der Waals surface area (Å²) in [6.07, 6.45) is 5.35. The Kier molecular flexibility index (Phi) is 4.34. The molecule has 0 saturated carbocycles. The summed E-state index contributed by atoms with van der Waals surface area (Å²) >= 11 is 0. The molecule has 2 atom stereocenters. The zero-order valence-corrected chi connectivity index (χ0v) is 11.9. The largest absolute Gasteiger partial charge is 0.394 e. The van der Waals surface area contributed by atoms with E-state index in [4.69, 9.17) is 9.84 Å². The van der Waals surface area contributed by atoms with Gasteiger partial charge in [-0.3, -0.25) is 0 Å². The fraction of sp³-hybridized carbons (Fsp3) is 0.429. The summed E-state index contributed by atoms with van der Waals surface area (Å²) in [5.41, 5.74) is 1.68. The number of hydrogen-bond donors (Lipinski definition) is 4. The molecular weight excluding hydrogens is 288 g/mol. The molecule has 0 saturated heterocycles. The van der Waals surface area contributed by atoms with Crippen LogP contribution in [0.4, 0.5) is 5.82 Å². The molecule has 8 nitrogen and oxygen atoms in total. The molecule has 0 aliphatic carbocycles. The molecule has 0 fully saturated rings. The van der Waals surface area contributed by atoms with Crippen molar-refractivity contribution in [2.45, 2.75) is 18.9 Å². The fourth-order valence-electron chi connectivity index (χ4n) is 2.43. The molecular formula is C14H18N4O4. The van der Waals surface area contributed by atoms with Gasteiger partial charge in [0.15, 0.2) is 0 Å². The Bertz CT molecular complexity index is 685. The van der Waals surface area contributed by atoms with Gasteiger partial charge in [0.1, 0.15) is 36.7 Å². The van der Waals surface area contributed by atoms with Crippen LogP contribution in [0.25, 0.3) is 17.1 Å². The second-order valence-corrected chi connectivity index (χ2v) is 5.03. The van der Waals surface area contributed by atoms with E-state index >= 15 is 0 Å². The number of rotatable bonds is 6. The predicted molar refractivity (Wildman–Crippen MR) is 80.1 cm³/mol. The number of nitrogens with zero attached hydrogens (tertiary/aromatic N) is 3. The molecule has 8 heteroatoms. The minimum absolute atomic E-state index is 0.100. The number of aromatic nitrogens is 3. The molecule has 22 heavy (non-hydrogen) atoms. The highest BCUT2D eigenvalue weighted by Gasteiger charge is 2.20. The van der Waals surface area contributed by atoms with Gasteiger partial charge in [-0.05, 0) is 0 Å². The Morgan fingerprint density at radius 3 is 2.95 bits per heavy atom. The molecule has 3 rings (SSSR count). The van der Waals surface area contributed by atoms with Gasteiger partial charge < -0.3 is 29.9 Å². The summed E-state index contributed by atoms with van der Waals surface area (Å²) in [4.78, 5) is 8.51. The van der Waals surface area contributed by atoms with E-state index in [2.05, 4.69) is 15.3 Å². The highest BCUT2D eigenvalue weighted by Crippen LogP contribution is 2.28. The van der Waals surface area contributed by atoms with Gasteiger partial charge >= 0.3 is 0 Å². The Morgan fingerprint density at radius 1 is 1.32 bits per heavy atom. The van der Waals surface area contributed by atoms with Gasteiger partial charge in [-0.15, -0.1) is 0 Å². The van der Waals surface area contributed by atoms with Crippen molar-refractivity contribution >= 4 is 22.9 Å². The summed E-state index contributed by atoms with van der Waals surface area (Å²) in [6.45, 7) is -0.0486. The van der Waals surface area contributed by atoms with Crippen molar-refractivity contribution in [2.75, 3.05) is 25.1 Å². The van der Waals surface area contributed by atoms with E-state index in [1.54, 1.807) is 4.57 Å². The molecule has 2 aromatic rings. The van der Waals surface area contributed by atoms with Crippen LogP contribution in [0.15, 0.2) is 18.6 Å². The van der Waals surface area contributed by atoms with Gasteiger partial charge in [0.05, 0.1) is 18.6 Å². The van der Waals surface area contributed by atoms with E-state index in [9.17, 15) is 10.2 Å². The molecule has 0 aromatic carbocycles. The molecule has 0 amide bonds. The van der Waals surface area contributed by atoms with Gasteiger partial charge in [-0.2, -0.15) is 0 Å². The van der Waals surface area contributed by atoms with Crippen LogP contribution in [0.5, 0.6) is 0 Å². The highest BCUT2D eigenvalue weighted by molar-refractivity contribution is 5.96. The van der Waals surface area contributed by atoms with Gasteiger partial charge in [-0.25, -0.2) is 9.97 Å². The number of aliphatic hydroxyl groups excluding tert-OH is 3. The summed E-state index contributed by atoms with van der Waals surface area (Å²) in [6, 6.07) is 0. The SMILES string of the molecule is OCC(O)[C@@H](CO)OCn1cc2c3c(ncnc31)NCC=C2. The lowest BCUT2D eigenvalue weighted by atomic mass is 10.2. The van der Waals surface area contributed by atoms with Crippen LogP contribution in [-0.2, 0) is 11.5 Å². The maximum Gasteiger partial charge on any atom is 0.147 e. The number of nitrogens with one attached hydrogen (secondary N) is 1. The Morgan fingerprint density at radius 2 is 2.18 bits per heavy atom. The van der Waals surface area contributed by atoms with E-state index in [1.807, 2.05) is 18.3 Å². The van der Waals surface area contributed by atoms with Crippen LogP contribution in [0, 0.1) is 0 Å². The molecule has 118 valence electrons. The summed E-state index contributed by atoms with van der Waals surface area (Å²) < 4.78 is 7.26. The first-order chi connectivity index (χ1) is 10.7. The van der Waals surface area contributed by atoms with E-state index < -0.39 is 18.8 Å². The van der Waals surface area contributed by atoms with Crippen LogP contribution >= 0.6 is 0 Å². The zero-order valence-electron chi connectivity index (χ0n) is 11.9. The summed E-state index contributed by atoms with van der Waals surface area (Å²) in [5.74, 6) is 0.762. The van der Waals surface area contributed by atoms with Crippen LogP contribution in [0.3, 0.4) is 0 Å². The van der Waals surface area contributed by atoms with Gasteiger partial charge in [0, 0.05) is 18.3 Å². The Labute approximate surface area is 126 Å². The van der Waals surface area contributed by atoms with E-state index in [-0.39, 0.29) is 13.3 Å². The molecule has 0 spiro atoms. The number of hydrogen-bond acceptors (Lipinski definition) is 7. The summed E-state index contributed by atoms with van der Waals surface area (Å²) in [5, 5.41) is 31.8. The lowest BCUT2D eigenvalue weighted by Gasteiger charge is -2.20. The van der Waals surface area contributed by atoms with Gasteiger partial charge in [0.2, 0.25) is 0 Å². The molecule has 1 unspecified atom stereocenters. The van der Waals surface area contributed by atoms with Crippen LogP contribution < -0.4 is 5.32 Å². The molecule has 0 bridgehead atoms. The normalized spacial score (nSPS) is 16.3. The molecule has 2 aromatic heterocycles. The standard InChI is InChI=1S/C14H18N4O4/c19-5-10(21)11(6-20)22-8-18-4-9-2-1-3-15-13-12(9)14(18)17-7-16-13/h1-2,4,7,10-11,19-21H,3,5-6,8H2,(H,15,16,17)/t10?,11-/m1/s1. The minimum Gasteiger partial charge on any atom is -0.394 e. The predicted octanol–water partition coefficient (Wildman–Crippen LogP) is -0.442. The first kappa shape index (κ1) is 14.9. The van der Waals surface area contributed by atoms with Crippen molar-refractivity contribution in [3.63, 3.8) is 0 Å². The minimum atomic E-state index is -1.13. The van der Waals surface area contributed by atoms with Crippen molar-refractivity contribution in [2.24, 2.45) is 0 Å². The number of anilines is 1. The first-order valence-corrected chi connectivity index (χ1v) is 7.00. The highest BCUT2D eigenvalue weighted by atomic mass is 16.5. The third kappa shape index (κ3) is 2.69. The van der Waals surface area contributed by atoms with E-state index in [0.29, 0.717) is 12.2 Å². The lowest BCUT2D eigenvalue weighted by molar-refractivity contribution is -0.0996. The number of aliphatic hydroxyl groups is 3. The Hall–Kier alpha value is -2.00. The molecule has 1 aliphatic heterocycles. The lowest BCUT2D eigenvalue weighted by Crippen LogP contribution is -2.35. The quantitative estimate of drug-likeness (QED) is 0.572. The maximum atomic E-state index is 9.56. The topological polar surface area (TPSA) is 113 Å². The molecule has 0 radical (unpaired) electrons. The van der Waals surface area contributed by atoms with Crippen molar-refractivity contribution in [3.05, 3.63) is 24.2 Å². The monoisotopic (exact) mass is 306 g/mol. The van der Waals surface area contributed by atoms with E-state index in [1.165, 1.54) is 6.33 Å². The third-order valence-corrected chi connectivity index (χ3v) is 3.59. The van der Waals surface area contributed by atoms with Crippen molar-refractivity contribution in [1.29, 1.82) is 0 Å². The van der Waals surface area contributed by atoms with Gasteiger partial charge in [-0.1, -0.05) is 12.2 Å². The van der Waals surface area contributed by atoms with Crippen molar-refractivity contribution in [1.82, 2.24) is 14.5 Å². The molecule has 3 heterocycles. The van der Waals surface area contributed by atoms with Crippen molar-refractivity contribution < 1.29 is 20.1 Å². The zero-order chi connectivity index (χ0) is 15.5. The average molecular weight is 306 g/mol. The van der Waals surface area contributed by atoms with Crippen LogP contribution in [-0.4, -0.2) is 61.8 Å². The second kappa shape index (κ2) is 6.41. The van der Waals surface area contributed by atoms with Gasteiger partial charge in [0.25, 0.3) is 0 Å². The van der Waals surface area contributed by atoms with E-state index in [0.717, 1.165) is 16.8 Å². The van der Waals surface area contributed by atoms with Crippen LogP contribution in [0.2, 0.25) is 0 Å². The maximum absolute atomic E-state index is 9.56. The average Bonchev–Trinajstić information content (AvgIpc) is 2.77. The molecule has 4 N–H and O–H groups in total. The van der Waals surface area contributed by atoms with Crippen molar-refractivity contribution in [3.8, 4) is 0 Å². The molecule has 1 aliphatic rings. The third-order valence-electron chi connectivity index (χ3n) is 3.59. The number of ether oxygens (including phenoxy) is 1. The fourth-order valence-corrected chi connectivity index (χ4v) is 2.43. The smallest absolute Gasteiger partial charge is 0.147 e.